The maximum absolute atomic E-state index is 6.40. The van der Waals surface area contributed by atoms with Crippen molar-refractivity contribution >= 4 is 0 Å². The summed E-state index contributed by atoms with van der Waals surface area (Å²) in [5.74, 6) is 0.892. The molecule has 0 spiro atoms. The Bertz CT molecular complexity index is 386. The topological polar surface area (TPSA) is 44.5 Å². The van der Waals surface area contributed by atoms with Crippen molar-refractivity contribution in [3.05, 3.63) is 29.8 Å². The molecule has 1 aliphatic heterocycles. The van der Waals surface area contributed by atoms with E-state index < -0.39 is 0 Å². The first-order chi connectivity index (χ1) is 8.67. The number of nitrogens with two attached hydrogens (primary N) is 1. The number of benzene rings is 1. The molecule has 1 aromatic carbocycles. The maximum Gasteiger partial charge on any atom is 0.124 e. The van der Waals surface area contributed by atoms with Crippen LogP contribution in [0.3, 0.4) is 0 Å². The molecule has 2 unspecified atom stereocenters. The highest BCUT2D eigenvalue weighted by atomic mass is 16.5. The molecule has 0 saturated carbocycles. The molecule has 0 amide bonds. The highest BCUT2D eigenvalue weighted by Gasteiger charge is 2.38. The van der Waals surface area contributed by atoms with Crippen LogP contribution in [0.4, 0.5) is 0 Å². The van der Waals surface area contributed by atoms with E-state index in [0.29, 0.717) is 0 Å². The molecule has 18 heavy (non-hydrogen) atoms. The first-order valence-corrected chi connectivity index (χ1v) is 6.78. The average Bonchev–Trinajstić information content (AvgIpc) is 2.84. The summed E-state index contributed by atoms with van der Waals surface area (Å²) in [4.78, 5) is 0. The Morgan fingerprint density at radius 2 is 2.22 bits per heavy atom. The minimum absolute atomic E-state index is 0.131. The fourth-order valence-corrected chi connectivity index (χ4v) is 2.46. The maximum atomic E-state index is 6.40. The van der Waals surface area contributed by atoms with Gasteiger partial charge in [0.05, 0.1) is 18.2 Å². The third kappa shape index (κ3) is 2.68. The third-order valence-electron chi connectivity index (χ3n) is 3.62. The number of para-hydroxylation sites is 1. The minimum Gasteiger partial charge on any atom is -0.493 e. The predicted molar refractivity (Wildman–Crippen MR) is 72.7 cm³/mol. The van der Waals surface area contributed by atoms with Crippen LogP contribution in [-0.4, -0.2) is 18.8 Å². The van der Waals surface area contributed by atoms with E-state index in [9.17, 15) is 0 Å². The van der Waals surface area contributed by atoms with Gasteiger partial charge in [0.2, 0.25) is 0 Å². The van der Waals surface area contributed by atoms with Gasteiger partial charge >= 0.3 is 0 Å². The lowest BCUT2D eigenvalue weighted by atomic mass is 9.88. The van der Waals surface area contributed by atoms with Gasteiger partial charge in [-0.2, -0.15) is 0 Å². The lowest BCUT2D eigenvalue weighted by Crippen LogP contribution is -2.37. The van der Waals surface area contributed by atoms with Crippen LogP contribution < -0.4 is 10.5 Å². The van der Waals surface area contributed by atoms with Crippen molar-refractivity contribution in [2.45, 2.75) is 44.8 Å². The Morgan fingerprint density at radius 1 is 1.44 bits per heavy atom. The van der Waals surface area contributed by atoms with Crippen LogP contribution in [0.5, 0.6) is 5.75 Å². The summed E-state index contributed by atoms with van der Waals surface area (Å²) in [5, 5.41) is 0. The third-order valence-corrected chi connectivity index (χ3v) is 3.62. The summed E-state index contributed by atoms with van der Waals surface area (Å²) in [5.41, 5.74) is 7.20. The Morgan fingerprint density at radius 3 is 2.89 bits per heavy atom. The molecule has 3 nitrogen and oxygen atoms in total. The lowest BCUT2D eigenvalue weighted by Gasteiger charge is -2.31. The van der Waals surface area contributed by atoms with E-state index >= 15 is 0 Å². The number of hydrogen-bond acceptors (Lipinski definition) is 3. The second kappa shape index (κ2) is 5.72. The Kier molecular flexibility index (Phi) is 4.25. The minimum atomic E-state index is -0.258. The molecular weight excluding hydrogens is 226 g/mol. The smallest absolute Gasteiger partial charge is 0.124 e. The summed E-state index contributed by atoms with van der Waals surface area (Å²) >= 11 is 0. The fraction of sp³-hybridized carbons (Fsp3) is 0.600. The van der Waals surface area contributed by atoms with Crippen LogP contribution >= 0.6 is 0 Å². The first kappa shape index (κ1) is 13.4. The van der Waals surface area contributed by atoms with Crippen molar-refractivity contribution in [3.63, 3.8) is 0 Å². The molecule has 1 aromatic rings. The fourth-order valence-electron chi connectivity index (χ4n) is 2.46. The zero-order chi connectivity index (χ0) is 13.0. The molecule has 0 aliphatic carbocycles. The largest absolute Gasteiger partial charge is 0.493 e. The molecule has 3 heteroatoms. The molecule has 100 valence electrons. The monoisotopic (exact) mass is 249 g/mol. The second-order valence-corrected chi connectivity index (χ2v) is 5.13. The summed E-state index contributed by atoms with van der Waals surface area (Å²) in [6.07, 6.45) is 3.09. The molecule has 0 radical (unpaired) electrons. The molecule has 2 rings (SSSR count). The normalized spacial score (nSPS) is 25.1. The highest BCUT2D eigenvalue weighted by molar-refractivity contribution is 5.37. The molecular formula is C15H23NO2. The summed E-state index contributed by atoms with van der Waals surface area (Å²) in [6, 6.07) is 7.89. The van der Waals surface area contributed by atoms with Gasteiger partial charge in [0.1, 0.15) is 5.75 Å². The van der Waals surface area contributed by atoms with Crippen LogP contribution in [0.2, 0.25) is 0 Å². The van der Waals surface area contributed by atoms with Gasteiger partial charge in [-0.1, -0.05) is 25.1 Å². The van der Waals surface area contributed by atoms with Crippen LogP contribution in [0.1, 0.15) is 44.7 Å². The van der Waals surface area contributed by atoms with Gasteiger partial charge < -0.3 is 15.2 Å². The van der Waals surface area contributed by atoms with E-state index in [1.54, 1.807) is 0 Å². The zero-order valence-corrected chi connectivity index (χ0v) is 11.3. The van der Waals surface area contributed by atoms with Crippen molar-refractivity contribution < 1.29 is 9.47 Å². The predicted octanol–water partition coefficient (Wildman–Crippen LogP) is 3.04. The van der Waals surface area contributed by atoms with Gasteiger partial charge in [-0.05, 0) is 32.3 Å². The van der Waals surface area contributed by atoms with Crippen LogP contribution in [0.25, 0.3) is 0 Å². The van der Waals surface area contributed by atoms with Crippen LogP contribution in [-0.2, 0) is 4.74 Å². The average molecular weight is 249 g/mol. The van der Waals surface area contributed by atoms with Gasteiger partial charge in [0, 0.05) is 12.2 Å². The molecule has 1 heterocycles. The van der Waals surface area contributed by atoms with Gasteiger partial charge in [0.15, 0.2) is 0 Å². The highest BCUT2D eigenvalue weighted by Crippen LogP contribution is 2.38. The molecule has 1 saturated heterocycles. The Balaban J connectivity index is 2.21. The molecule has 1 aliphatic rings. The number of hydrogen-bond donors (Lipinski definition) is 1. The van der Waals surface area contributed by atoms with Crippen molar-refractivity contribution in [1.29, 1.82) is 0 Å². The van der Waals surface area contributed by atoms with E-state index in [4.69, 9.17) is 15.2 Å². The van der Waals surface area contributed by atoms with Crippen molar-refractivity contribution in [2.24, 2.45) is 5.73 Å². The van der Waals surface area contributed by atoms with Crippen LogP contribution in [0, 0.1) is 0 Å². The lowest BCUT2D eigenvalue weighted by molar-refractivity contribution is -0.00239. The van der Waals surface area contributed by atoms with E-state index in [1.165, 1.54) is 0 Å². The van der Waals surface area contributed by atoms with E-state index in [2.05, 4.69) is 13.8 Å². The summed E-state index contributed by atoms with van der Waals surface area (Å²) in [7, 11) is 0. The Labute approximate surface area is 109 Å². The standard InChI is InChI=1S/C15H23NO2/c1-3-10-17-13-8-5-4-7-12(13)14(16)15(2)9-6-11-18-15/h4-5,7-8,14H,3,6,9-11,16H2,1-2H3. The van der Waals surface area contributed by atoms with Crippen molar-refractivity contribution in [2.75, 3.05) is 13.2 Å². The molecule has 2 N–H and O–H groups in total. The van der Waals surface area contributed by atoms with Crippen LogP contribution in [0.15, 0.2) is 24.3 Å². The van der Waals surface area contributed by atoms with Crippen molar-refractivity contribution in [3.8, 4) is 5.75 Å². The van der Waals surface area contributed by atoms with E-state index in [-0.39, 0.29) is 11.6 Å². The molecule has 0 bridgehead atoms. The Hall–Kier alpha value is -1.06. The number of ether oxygens (including phenoxy) is 2. The quantitative estimate of drug-likeness (QED) is 0.872. The summed E-state index contributed by atoms with van der Waals surface area (Å²) < 4.78 is 11.6. The number of rotatable bonds is 5. The van der Waals surface area contributed by atoms with Gasteiger partial charge in [0.25, 0.3) is 0 Å². The van der Waals surface area contributed by atoms with Gasteiger partial charge in [-0.25, -0.2) is 0 Å². The van der Waals surface area contributed by atoms with Gasteiger partial charge in [-0.3, -0.25) is 0 Å². The SMILES string of the molecule is CCCOc1ccccc1C(N)C1(C)CCCO1. The molecule has 2 atom stereocenters. The van der Waals surface area contributed by atoms with E-state index in [0.717, 1.165) is 43.8 Å². The van der Waals surface area contributed by atoms with E-state index in [1.807, 2.05) is 24.3 Å². The molecule has 1 fully saturated rings. The van der Waals surface area contributed by atoms with Gasteiger partial charge in [-0.15, -0.1) is 0 Å². The molecule has 0 aromatic heterocycles. The van der Waals surface area contributed by atoms with Crippen molar-refractivity contribution in [1.82, 2.24) is 0 Å². The second-order valence-electron chi connectivity index (χ2n) is 5.13. The zero-order valence-electron chi connectivity index (χ0n) is 11.3. The summed E-state index contributed by atoms with van der Waals surface area (Å²) in [6.45, 7) is 5.73. The first-order valence-electron chi connectivity index (χ1n) is 6.78.